The summed E-state index contributed by atoms with van der Waals surface area (Å²) in [6, 6.07) is -0.586. The topological polar surface area (TPSA) is 75.5 Å². The van der Waals surface area contributed by atoms with E-state index < -0.39 is 12.1 Å². The van der Waals surface area contributed by atoms with Crippen molar-refractivity contribution in [2.45, 2.75) is 38.5 Å². The molecule has 0 unspecified atom stereocenters. The summed E-state index contributed by atoms with van der Waals surface area (Å²) in [4.78, 5) is 16.3. The first-order valence-corrected chi connectivity index (χ1v) is 4.80. The minimum atomic E-state index is -0.586. The number of carbonyl (C=O) groups excluding carboxylic acids is 1. The van der Waals surface area contributed by atoms with Crippen molar-refractivity contribution in [2.75, 3.05) is 0 Å². The molecule has 0 aromatic carbocycles. The number of carbonyl (C=O) groups is 1. The fourth-order valence-corrected chi connectivity index (χ4v) is 1.24. The van der Waals surface area contributed by atoms with Gasteiger partial charge in [0.25, 0.3) is 0 Å². The molecule has 0 aliphatic carbocycles. The van der Waals surface area contributed by atoms with Crippen LogP contribution in [0, 0.1) is 0 Å². The zero-order valence-corrected chi connectivity index (χ0v) is 8.95. The molecule has 1 aliphatic heterocycles. The van der Waals surface area contributed by atoms with Crippen LogP contribution in [0.1, 0.15) is 20.3 Å². The van der Waals surface area contributed by atoms with Crippen molar-refractivity contribution in [2.24, 2.45) is 5.16 Å². The van der Waals surface area contributed by atoms with Crippen LogP contribution in [0.25, 0.3) is 0 Å². The van der Waals surface area contributed by atoms with Crippen LogP contribution in [0.5, 0.6) is 0 Å². The Labute approximate surface area is 87.2 Å². The van der Waals surface area contributed by atoms with Gasteiger partial charge in [0.2, 0.25) is 6.04 Å². The number of oxime groups is 1. The van der Waals surface area contributed by atoms with Crippen LogP contribution < -0.4 is 5.73 Å². The Kier molecular flexibility index (Phi) is 3.71. The summed E-state index contributed by atoms with van der Waals surface area (Å²) in [6.07, 6.45) is -0.124. The predicted octanol–water partition coefficient (Wildman–Crippen LogP) is -0.110. The Morgan fingerprint density at radius 1 is 1.79 bits per heavy atom. The first kappa shape index (κ1) is 11.3. The molecular formula is C8H14ClN2O3+. The molecule has 0 amide bonds. The van der Waals surface area contributed by atoms with E-state index in [0.29, 0.717) is 11.6 Å². The molecular weight excluding hydrogens is 208 g/mol. The number of hydrogen-bond acceptors (Lipinski definition) is 4. The summed E-state index contributed by atoms with van der Waals surface area (Å²) in [5.74, 6) is -0.383. The molecule has 1 heterocycles. The molecule has 2 atom stereocenters. The molecule has 6 heteroatoms. The van der Waals surface area contributed by atoms with Gasteiger partial charge in [0.1, 0.15) is 5.17 Å². The minimum absolute atomic E-state index is 0.149. The number of halogens is 1. The lowest BCUT2D eigenvalue weighted by atomic mass is 10.1. The molecule has 1 aliphatic rings. The van der Waals surface area contributed by atoms with Crippen LogP contribution >= 0.6 is 11.6 Å². The fourth-order valence-electron chi connectivity index (χ4n) is 1.05. The van der Waals surface area contributed by atoms with Crippen LogP contribution in [0.15, 0.2) is 5.16 Å². The summed E-state index contributed by atoms with van der Waals surface area (Å²) in [6.45, 7) is 3.56. The molecule has 0 spiro atoms. The third kappa shape index (κ3) is 2.85. The van der Waals surface area contributed by atoms with Gasteiger partial charge in [-0.3, -0.25) is 0 Å². The summed E-state index contributed by atoms with van der Waals surface area (Å²) in [5, 5.41) is 3.90. The largest absolute Gasteiger partial charge is 0.458 e. The first-order chi connectivity index (χ1) is 6.50. The van der Waals surface area contributed by atoms with E-state index in [1.165, 1.54) is 0 Å². The van der Waals surface area contributed by atoms with Crippen LogP contribution in [-0.4, -0.2) is 29.4 Å². The normalized spacial score (nSPS) is 22.9. The summed E-state index contributed by atoms with van der Waals surface area (Å²) < 4.78 is 4.98. The van der Waals surface area contributed by atoms with Gasteiger partial charge in [-0.2, -0.15) is 0 Å². The lowest BCUT2D eigenvalue weighted by Gasteiger charge is -2.14. The lowest BCUT2D eigenvalue weighted by molar-refractivity contribution is -0.426. The fraction of sp³-hybridized carbons (Fsp3) is 0.750. The highest BCUT2D eigenvalue weighted by molar-refractivity contribution is 6.65. The summed E-state index contributed by atoms with van der Waals surface area (Å²) in [7, 11) is 0. The molecule has 0 saturated carbocycles. The Balaban J connectivity index is 2.42. The van der Waals surface area contributed by atoms with Crippen molar-refractivity contribution < 1.29 is 20.1 Å². The second-order valence-corrected chi connectivity index (χ2v) is 3.84. The van der Waals surface area contributed by atoms with Crippen molar-refractivity contribution >= 4 is 22.7 Å². The Bertz CT molecular complexity index is 255. The number of quaternary nitrogens is 1. The molecule has 3 N–H and O–H groups in total. The maximum absolute atomic E-state index is 11.4. The Morgan fingerprint density at radius 2 is 2.43 bits per heavy atom. The molecule has 80 valence electrons. The van der Waals surface area contributed by atoms with E-state index >= 15 is 0 Å². The zero-order valence-electron chi connectivity index (χ0n) is 8.20. The van der Waals surface area contributed by atoms with Gasteiger partial charge in [-0.05, 0) is 13.8 Å². The zero-order chi connectivity index (χ0) is 10.7. The van der Waals surface area contributed by atoms with Crippen molar-refractivity contribution in [1.82, 2.24) is 0 Å². The Morgan fingerprint density at radius 3 is 2.86 bits per heavy atom. The Hall–Kier alpha value is -0.810. The van der Waals surface area contributed by atoms with Crippen LogP contribution in [-0.2, 0) is 14.4 Å². The van der Waals surface area contributed by atoms with Crippen LogP contribution in [0.2, 0.25) is 0 Å². The highest BCUT2D eigenvalue weighted by Gasteiger charge is 2.36. The molecule has 0 bridgehead atoms. The maximum atomic E-state index is 11.4. The molecule has 0 aromatic heterocycles. The van der Waals surface area contributed by atoms with Crippen molar-refractivity contribution in [3.63, 3.8) is 0 Å². The van der Waals surface area contributed by atoms with E-state index in [1.807, 2.05) is 0 Å². The molecule has 1 rings (SSSR count). The lowest BCUT2D eigenvalue weighted by Crippen LogP contribution is -2.70. The first-order valence-electron chi connectivity index (χ1n) is 4.42. The third-order valence-corrected chi connectivity index (χ3v) is 1.98. The van der Waals surface area contributed by atoms with Gasteiger partial charge in [0.05, 0.1) is 12.5 Å². The van der Waals surface area contributed by atoms with E-state index in [1.54, 1.807) is 13.8 Å². The molecule has 0 radical (unpaired) electrons. The van der Waals surface area contributed by atoms with Crippen LogP contribution in [0.3, 0.4) is 0 Å². The van der Waals surface area contributed by atoms with Crippen LogP contribution in [0.4, 0.5) is 0 Å². The molecule has 0 fully saturated rings. The van der Waals surface area contributed by atoms with Crippen molar-refractivity contribution in [1.29, 1.82) is 0 Å². The van der Waals surface area contributed by atoms with E-state index in [4.69, 9.17) is 21.2 Å². The number of ether oxygens (including phenoxy) is 1. The molecule has 5 nitrogen and oxygen atoms in total. The average molecular weight is 222 g/mol. The van der Waals surface area contributed by atoms with E-state index in [9.17, 15) is 4.79 Å². The van der Waals surface area contributed by atoms with Gasteiger partial charge in [-0.1, -0.05) is 16.8 Å². The standard InChI is InChI=1S/C8H13ClN2O3/c1-4(2)13-8(12)7(10)5-3-6(9)11-14-5/h4-5,7H,3,10H2,1-2H3/p+1/t5-,7-/m0/s1. The second kappa shape index (κ2) is 4.61. The summed E-state index contributed by atoms with van der Waals surface area (Å²) >= 11 is 5.61. The monoisotopic (exact) mass is 221 g/mol. The van der Waals surface area contributed by atoms with Gasteiger partial charge in [0, 0.05) is 0 Å². The van der Waals surface area contributed by atoms with Gasteiger partial charge in [0.15, 0.2) is 6.10 Å². The number of rotatable bonds is 3. The third-order valence-electron chi connectivity index (χ3n) is 1.76. The second-order valence-electron chi connectivity index (χ2n) is 3.41. The predicted molar refractivity (Wildman–Crippen MR) is 50.7 cm³/mol. The number of esters is 1. The minimum Gasteiger partial charge on any atom is -0.458 e. The highest BCUT2D eigenvalue weighted by Crippen LogP contribution is 2.15. The number of hydrogen-bond donors (Lipinski definition) is 1. The maximum Gasteiger partial charge on any atom is 0.369 e. The smallest absolute Gasteiger partial charge is 0.369 e. The number of nitrogens with zero attached hydrogens (tertiary/aromatic N) is 1. The average Bonchev–Trinajstić information content (AvgIpc) is 2.49. The van der Waals surface area contributed by atoms with Gasteiger partial charge in [-0.15, -0.1) is 0 Å². The van der Waals surface area contributed by atoms with E-state index in [0.717, 1.165) is 0 Å². The van der Waals surface area contributed by atoms with Gasteiger partial charge in [-0.25, -0.2) is 4.79 Å². The quantitative estimate of drug-likeness (QED) is 0.676. The highest BCUT2D eigenvalue weighted by atomic mass is 35.5. The van der Waals surface area contributed by atoms with Gasteiger partial charge < -0.3 is 15.3 Å². The van der Waals surface area contributed by atoms with Crippen molar-refractivity contribution in [3.05, 3.63) is 0 Å². The molecule has 0 saturated heterocycles. The SMILES string of the molecule is CC(C)OC(=O)[C@@H]([NH3+])[C@@H]1CC(Cl)=NO1. The van der Waals surface area contributed by atoms with Crippen molar-refractivity contribution in [3.8, 4) is 0 Å². The summed E-state index contributed by atoms with van der Waals surface area (Å²) in [5.41, 5.74) is 3.68. The molecule has 14 heavy (non-hydrogen) atoms. The molecule has 0 aromatic rings. The van der Waals surface area contributed by atoms with E-state index in [-0.39, 0.29) is 12.1 Å². The van der Waals surface area contributed by atoms with E-state index in [2.05, 4.69) is 10.9 Å². The van der Waals surface area contributed by atoms with Gasteiger partial charge >= 0.3 is 5.97 Å².